The van der Waals surface area contributed by atoms with Crippen LogP contribution in [-0.4, -0.2) is 16.2 Å². The number of carboxylic acid groups (broad SMARTS) is 1. The molecule has 4 nitrogen and oxygen atoms in total. The van der Waals surface area contributed by atoms with Crippen LogP contribution in [0, 0.1) is 0 Å². The van der Waals surface area contributed by atoms with Crippen LogP contribution < -0.4 is 10.6 Å². The smallest absolute Gasteiger partial charge is 0.420 e. The van der Waals surface area contributed by atoms with Gasteiger partial charge in [-0.05, 0) is 24.3 Å². The first-order chi connectivity index (χ1) is 8.61. The Hall–Kier alpha value is -2.19. The summed E-state index contributed by atoms with van der Waals surface area (Å²) in [6.45, 7) is 0. The number of benzene rings is 2. The van der Waals surface area contributed by atoms with E-state index in [4.69, 9.17) is 5.11 Å². The number of hydrogen-bond acceptors (Lipinski definition) is 3. The highest BCUT2D eigenvalue weighted by Gasteiger charge is 2.33. The normalized spacial score (nSPS) is 11.0. The molecule has 5 heteroatoms. The Morgan fingerprint density at radius 2 is 1.67 bits per heavy atom. The Labute approximate surface area is 104 Å². The molecule has 0 heterocycles. The van der Waals surface area contributed by atoms with Crippen LogP contribution in [0.1, 0.15) is 10.4 Å². The van der Waals surface area contributed by atoms with Crippen LogP contribution in [0.25, 0.3) is 0 Å². The Morgan fingerprint density at radius 1 is 1.00 bits per heavy atom. The molecule has 1 atom stereocenters. The molecule has 0 aliphatic heterocycles. The summed E-state index contributed by atoms with van der Waals surface area (Å²) in [5.74, 6) is -1.47. The number of phenols is 1. The lowest BCUT2D eigenvalue weighted by atomic mass is 10.2. The van der Waals surface area contributed by atoms with Gasteiger partial charge in [-0.1, -0.05) is 28.8 Å². The van der Waals surface area contributed by atoms with Gasteiger partial charge in [0.25, 0.3) is 5.30 Å². The number of aromatic hydroxyl groups is 1. The number of phenolic OH excluding ortho intramolecular Hbond substituents is 1. The lowest BCUT2D eigenvalue weighted by Gasteiger charge is -1.98. The fourth-order valence-corrected chi connectivity index (χ4v) is 2.98. The van der Waals surface area contributed by atoms with Gasteiger partial charge in [-0.25, -0.2) is 4.79 Å². The van der Waals surface area contributed by atoms with Crippen molar-refractivity contribution in [2.24, 2.45) is 0 Å². The van der Waals surface area contributed by atoms with Crippen LogP contribution in [0.4, 0.5) is 0 Å². The summed E-state index contributed by atoms with van der Waals surface area (Å²) in [5.41, 5.74) is -0.139. The van der Waals surface area contributed by atoms with Gasteiger partial charge in [0.15, 0.2) is 11.1 Å². The lowest BCUT2D eigenvalue weighted by Crippen LogP contribution is -2.16. The van der Waals surface area contributed by atoms with Crippen molar-refractivity contribution in [3.63, 3.8) is 0 Å². The van der Waals surface area contributed by atoms with Gasteiger partial charge in [0.05, 0.1) is 0 Å². The predicted molar refractivity (Wildman–Crippen MR) is 68.4 cm³/mol. The van der Waals surface area contributed by atoms with Crippen LogP contribution in [0.15, 0.2) is 48.5 Å². The molecule has 90 valence electrons. The van der Waals surface area contributed by atoms with Crippen molar-refractivity contribution in [3.05, 3.63) is 54.1 Å². The van der Waals surface area contributed by atoms with Gasteiger partial charge >= 0.3 is 13.8 Å². The van der Waals surface area contributed by atoms with E-state index < -0.39 is 13.8 Å². The topological polar surface area (TPSA) is 74.6 Å². The molecule has 0 saturated heterocycles. The molecule has 0 spiro atoms. The van der Waals surface area contributed by atoms with Crippen molar-refractivity contribution in [2.75, 3.05) is 0 Å². The summed E-state index contributed by atoms with van der Waals surface area (Å²) >= 11 is 0. The molecule has 2 aromatic rings. The maximum Gasteiger partial charge on any atom is 0.420 e. The van der Waals surface area contributed by atoms with E-state index in [0.29, 0.717) is 5.30 Å². The molecule has 18 heavy (non-hydrogen) atoms. The third-order valence-corrected chi connectivity index (χ3v) is 4.08. The molecule has 2 aromatic carbocycles. The summed E-state index contributed by atoms with van der Waals surface area (Å²) in [4.78, 5) is 11.1. The van der Waals surface area contributed by atoms with E-state index in [1.807, 2.05) is 0 Å². The molecule has 1 unspecified atom stereocenters. The minimum Gasteiger partial charge on any atom is -0.504 e. The number of hydrogen-bond donors (Lipinski definition) is 2. The average molecular weight is 261 g/mol. The third-order valence-electron chi connectivity index (χ3n) is 2.44. The first-order valence-electron chi connectivity index (χ1n) is 5.19. The minimum absolute atomic E-state index is 0.0359. The quantitative estimate of drug-likeness (QED) is 0.827. The van der Waals surface area contributed by atoms with Crippen LogP contribution in [-0.2, 0) is 4.57 Å². The van der Waals surface area contributed by atoms with Crippen LogP contribution in [0.2, 0.25) is 0 Å². The zero-order valence-electron chi connectivity index (χ0n) is 9.28. The number of carbonyl (C=O) groups is 1. The fourth-order valence-electron chi connectivity index (χ4n) is 1.61. The average Bonchev–Trinajstić information content (AvgIpc) is 2.38. The van der Waals surface area contributed by atoms with Gasteiger partial charge in [0.1, 0.15) is 5.56 Å². The van der Waals surface area contributed by atoms with E-state index >= 15 is 0 Å². The second-order valence-corrected chi connectivity index (χ2v) is 5.16. The molecule has 0 aromatic heterocycles. The second kappa shape index (κ2) is 4.98. The van der Waals surface area contributed by atoms with Crippen molar-refractivity contribution in [2.45, 2.75) is 0 Å². The molecule has 0 aliphatic rings. The van der Waals surface area contributed by atoms with Gasteiger partial charge < -0.3 is 10.2 Å². The van der Waals surface area contributed by atoms with E-state index in [-0.39, 0.29) is 16.6 Å². The van der Waals surface area contributed by atoms with Crippen LogP contribution in [0.5, 0.6) is 5.75 Å². The summed E-state index contributed by atoms with van der Waals surface area (Å²) in [5, 5.41) is 19.2. The largest absolute Gasteiger partial charge is 0.504 e. The zero-order chi connectivity index (χ0) is 13.1. The molecule has 0 aliphatic carbocycles. The first kappa shape index (κ1) is 12.3. The van der Waals surface area contributed by atoms with Crippen LogP contribution >= 0.6 is 7.80 Å². The van der Waals surface area contributed by atoms with Gasteiger partial charge in [0.2, 0.25) is 0 Å². The molecule has 2 rings (SSSR count). The Balaban J connectivity index is 2.58. The monoisotopic (exact) mass is 261 g/mol. The molecular formula is C13H10O4P+. The maximum atomic E-state index is 12.3. The molecule has 0 fully saturated rings. The van der Waals surface area contributed by atoms with Crippen molar-refractivity contribution in [3.8, 4) is 5.75 Å². The molecule has 2 N–H and O–H groups in total. The molecule has 0 bridgehead atoms. The Bertz CT molecular complexity index is 608. The van der Waals surface area contributed by atoms with Crippen molar-refractivity contribution in [1.29, 1.82) is 0 Å². The van der Waals surface area contributed by atoms with Crippen molar-refractivity contribution < 1.29 is 19.6 Å². The molecule has 0 amide bonds. The lowest BCUT2D eigenvalue weighted by molar-refractivity contribution is 0.0698. The van der Waals surface area contributed by atoms with E-state index in [1.54, 1.807) is 30.3 Å². The van der Waals surface area contributed by atoms with Gasteiger partial charge in [-0.2, -0.15) is 0 Å². The number of aromatic carboxylic acids is 1. The first-order valence-corrected chi connectivity index (χ1v) is 6.45. The fraction of sp³-hybridized carbons (Fsp3) is 0. The van der Waals surface area contributed by atoms with Gasteiger partial charge in [0, 0.05) is 0 Å². The van der Waals surface area contributed by atoms with E-state index in [0.717, 1.165) is 0 Å². The third kappa shape index (κ3) is 2.24. The summed E-state index contributed by atoms with van der Waals surface area (Å²) in [6, 6.07) is 12.5. The second-order valence-electron chi connectivity index (χ2n) is 3.61. The van der Waals surface area contributed by atoms with E-state index in [1.165, 1.54) is 18.2 Å². The Morgan fingerprint density at radius 3 is 2.28 bits per heavy atom. The molecule has 0 radical (unpaired) electrons. The van der Waals surface area contributed by atoms with E-state index in [9.17, 15) is 14.5 Å². The highest BCUT2D eigenvalue weighted by molar-refractivity contribution is 7.61. The minimum atomic E-state index is -2.13. The predicted octanol–water partition coefficient (Wildman–Crippen LogP) is 1.87. The summed E-state index contributed by atoms with van der Waals surface area (Å²) in [6.07, 6.45) is 0. The SMILES string of the molecule is O=C(O)c1cccc(O)c1[P+](=O)c1ccccc1. The van der Waals surface area contributed by atoms with Crippen LogP contribution in [0.3, 0.4) is 0 Å². The standard InChI is InChI=1S/C13H9O4P/c14-11-8-4-7-10(13(15)16)12(11)18(17)9-5-2-1-3-6-9/h1-8H,(H-,14,15,16,17)/p+1. The number of carboxylic acids is 1. The number of rotatable bonds is 3. The maximum absolute atomic E-state index is 12.3. The van der Waals surface area contributed by atoms with Crippen molar-refractivity contribution in [1.82, 2.24) is 0 Å². The van der Waals surface area contributed by atoms with Gasteiger partial charge in [-0.3, -0.25) is 0 Å². The summed E-state index contributed by atoms with van der Waals surface area (Å²) in [7, 11) is -2.13. The van der Waals surface area contributed by atoms with Crippen molar-refractivity contribution >= 4 is 24.4 Å². The molecule has 0 saturated carbocycles. The highest BCUT2D eigenvalue weighted by atomic mass is 31.1. The highest BCUT2D eigenvalue weighted by Crippen LogP contribution is 2.27. The molecular weight excluding hydrogens is 251 g/mol. The Kier molecular flexibility index (Phi) is 3.40. The van der Waals surface area contributed by atoms with Gasteiger partial charge in [-0.15, -0.1) is 0 Å². The zero-order valence-corrected chi connectivity index (χ0v) is 10.2. The summed E-state index contributed by atoms with van der Waals surface area (Å²) < 4.78 is 12.3. The van der Waals surface area contributed by atoms with E-state index in [2.05, 4.69) is 0 Å².